The molecule has 136 valence electrons. The van der Waals surface area contributed by atoms with Crippen LogP contribution in [-0.4, -0.2) is 45.1 Å². The minimum Gasteiger partial charge on any atom is -0.481 e. The van der Waals surface area contributed by atoms with Gasteiger partial charge in [0.05, 0.1) is 23.5 Å². The molecule has 25 heavy (non-hydrogen) atoms. The molecular weight excluding hydrogens is 324 g/mol. The molecule has 6 nitrogen and oxygen atoms in total. The summed E-state index contributed by atoms with van der Waals surface area (Å²) in [6.07, 6.45) is 0.937. The minimum atomic E-state index is -1.27. The predicted octanol–water partition coefficient (Wildman–Crippen LogP) is 1.11. The second-order valence-electron chi connectivity index (χ2n) is 9.19. The molecule has 0 radical (unpaired) electrons. The number of carbonyl (C=O) groups excluding carboxylic acids is 1. The summed E-state index contributed by atoms with van der Waals surface area (Å²) in [5, 5.41) is 31.7. The van der Waals surface area contributed by atoms with Gasteiger partial charge in [0.15, 0.2) is 0 Å². The van der Waals surface area contributed by atoms with E-state index in [-0.39, 0.29) is 12.3 Å². The van der Waals surface area contributed by atoms with Crippen LogP contribution in [0.2, 0.25) is 0 Å². The van der Waals surface area contributed by atoms with E-state index in [4.69, 9.17) is 4.74 Å². The molecule has 5 rings (SSSR count). The number of aliphatic carboxylic acids is 1. The van der Waals surface area contributed by atoms with Crippen molar-refractivity contribution in [2.45, 2.75) is 56.8 Å². The maximum Gasteiger partial charge on any atom is 0.315 e. The number of rotatable bonds is 1. The molecule has 6 heteroatoms. The third-order valence-corrected chi connectivity index (χ3v) is 8.52. The number of aliphatic hydroxyl groups is 2. The molecule has 4 saturated carbocycles. The Bertz CT molecular complexity index is 717. The fourth-order valence-corrected chi connectivity index (χ4v) is 7.63. The highest BCUT2D eigenvalue weighted by Crippen LogP contribution is 2.77. The van der Waals surface area contributed by atoms with E-state index in [1.54, 1.807) is 6.92 Å². The van der Waals surface area contributed by atoms with Crippen molar-refractivity contribution in [3.05, 3.63) is 12.2 Å². The third kappa shape index (κ3) is 1.41. The van der Waals surface area contributed by atoms with Crippen molar-refractivity contribution in [1.29, 1.82) is 0 Å². The summed E-state index contributed by atoms with van der Waals surface area (Å²) in [6, 6.07) is 0. The number of fused-ring (bicyclic) bond motifs is 1. The Labute approximate surface area is 145 Å². The summed E-state index contributed by atoms with van der Waals surface area (Å²) in [5.41, 5.74) is -1.88. The zero-order valence-electron chi connectivity index (χ0n) is 14.3. The molecule has 5 fully saturated rings. The Balaban J connectivity index is 1.78. The number of esters is 1. The molecule has 0 amide bonds. The van der Waals surface area contributed by atoms with Gasteiger partial charge >= 0.3 is 11.9 Å². The van der Waals surface area contributed by atoms with Crippen LogP contribution < -0.4 is 0 Å². The number of ether oxygens (including phenoxy) is 1. The van der Waals surface area contributed by atoms with Crippen LogP contribution in [0.1, 0.15) is 39.0 Å². The largest absolute Gasteiger partial charge is 0.481 e. The van der Waals surface area contributed by atoms with Gasteiger partial charge in [0.2, 0.25) is 0 Å². The molecule has 4 aliphatic carbocycles. The van der Waals surface area contributed by atoms with Gasteiger partial charge in [-0.1, -0.05) is 12.2 Å². The lowest BCUT2D eigenvalue weighted by molar-refractivity contribution is -0.177. The number of carboxylic acid groups (broad SMARTS) is 1. The zero-order valence-corrected chi connectivity index (χ0v) is 14.3. The van der Waals surface area contributed by atoms with E-state index in [0.717, 1.165) is 24.8 Å². The highest BCUT2D eigenvalue weighted by molar-refractivity contribution is 5.85. The molecule has 0 aromatic carbocycles. The Kier molecular flexibility index (Phi) is 2.71. The van der Waals surface area contributed by atoms with Crippen LogP contribution in [0.25, 0.3) is 0 Å². The summed E-state index contributed by atoms with van der Waals surface area (Å²) in [4.78, 5) is 25.2. The van der Waals surface area contributed by atoms with E-state index in [9.17, 15) is 24.9 Å². The molecule has 4 bridgehead atoms. The fraction of sp³-hybridized carbons (Fsp3) is 0.789. The van der Waals surface area contributed by atoms with Crippen LogP contribution in [0, 0.1) is 34.5 Å². The molecule has 1 unspecified atom stereocenters. The summed E-state index contributed by atoms with van der Waals surface area (Å²) in [7, 11) is 0. The van der Waals surface area contributed by atoms with Crippen LogP contribution in [0.3, 0.4) is 0 Å². The summed E-state index contributed by atoms with van der Waals surface area (Å²) in [6.45, 7) is 5.81. The highest BCUT2D eigenvalue weighted by Gasteiger charge is 2.85. The van der Waals surface area contributed by atoms with Crippen molar-refractivity contribution < 1.29 is 29.6 Å². The quantitative estimate of drug-likeness (QED) is 0.484. The monoisotopic (exact) mass is 348 g/mol. The maximum atomic E-state index is 12.7. The lowest BCUT2D eigenvalue weighted by Gasteiger charge is -2.47. The number of allylic oxidation sites excluding steroid dienone is 1. The summed E-state index contributed by atoms with van der Waals surface area (Å²) < 4.78 is 5.87. The minimum absolute atomic E-state index is 0.0576. The van der Waals surface area contributed by atoms with Crippen LogP contribution in [0.4, 0.5) is 0 Å². The Hall–Kier alpha value is -1.40. The van der Waals surface area contributed by atoms with E-state index in [1.165, 1.54) is 0 Å². The first-order chi connectivity index (χ1) is 11.7. The second kappa shape index (κ2) is 4.29. The van der Waals surface area contributed by atoms with Crippen LogP contribution >= 0.6 is 0 Å². The molecule has 5 aliphatic rings. The van der Waals surface area contributed by atoms with Crippen molar-refractivity contribution >= 4 is 11.9 Å². The SMILES string of the molecule is C=C1C[C@]23CC1CC[C@H]2[C@@]12OC(=O)[C@@](C)([C@H]1[C@@H]3C(=O)O)[C@@H](O)C[C@@H]2O. The van der Waals surface area contributed by atoms with Crippen molar-refractivity contribution in [3.8, 4) is 0 Å². The number of carboxylic acids is 1. The molecule has 1 saturated heterocycles. The first kappa shape index (κ1) is 15.8. The number of carbonyl (C=O) groups is 2. The van der Waals surface area contributed by atoms with Gasteiger partial charge in [-0.3, -0.25) is 9.59 Å². The van der Waals surface area contributed by atoms with Crippen molar-refractivity contribution in [3.63, 3.8) is 0 Å². The van der Waals surface area contributed by atoms with E-state index in [0.29, 0.717) is 12.3 Å². The molecule has 3 N–H and O–H groups in total. The van der Waals surface area contributed by atoms with E-state index < -0.39 is 52.4 Å². The Morgan fingerprint density at radius 1 is 1.28 bits per heavy atom. The van der Waals surface area contributed by atoms with Gasteiger partial charge < -0.3 is 20.1 Å². The van der Waals surface area contributed by atoms with Crippen molar-refractivity contribution in [2.24, 2.45) is 34.5 Å². The van der Waals surface area contributed by atoms with Gasteiger partial charge in [-0.25, -0.2) is 0 Å². The van der Waals surface area contributed by atoms with Crippen LogP contribution in [0.15, 0.2) is 12.2 Å². The number of hydrogen-bond donors (Lipinski definition) is 3. The molecule has 9 atom stereocenters. The molecule has 1 spiro atoms. The summed E-state index contributed by atoms with van der Waals surface area (Å²) >= 11 is 0. The first-order valence-corrected chi connectivity index (χ1v) is 9.19. The summed E-state index contributed by atoms with van der Waals surface area (Å²) in [5.74, 6) is -2.87. The van der Waals surface area contributed by atoms with Gasteiger partial charge in [0, 0.05) is 18.3 Å². The van der Waals surface area contributed by atoms with E-state index in [2.05, 4.69) is 6.58 Å². The Morgan fingerprint density at radius 2 is 2.00 bits per heavy atom. The average Bonchev–Trinajstić information content (AvgIpc) is 3.01. The lowest BCUT2D eigenvalue weighted by Crippen LogP contribution is -2.60. The normalized spacial score (nSPS) is 58.7. The topological polar surface area (TPSA) is 104 Å². The zero-order chi connectivity index (χ0) is 17.9. The van der Waals surface area contributed by atoms with Crippen LogP contribution in [0.5, 0.6) is 0 Å². The highest BCUT2D eigenvalue weighted by atomic mass is 16.6. The molecule has 0 aromatic rings. The first-order valence-electron chi connectivity index (χ1n) is 9.19. The average molecular weight is 348 g/mol. The second-order valence-corrected chi connectivity index (χ2v) is 9.19. The van der Waals surface area contributed by atoms with Crippen molar-refractivity contribution in [1.82, 2.24) is 0 Å². The third-order valence-electron chi connectivity index (χ3n) is 8.52. The smallest absolute Gasteiger partial charge is 0.315 e. The van der Waals surface area contributed by atoms with Gasteiger partial charge in [0.1, 0.15) is 5.60 Å². The van der Waals surface area contributed by atoms with Gasteiger partial charge in [-0.2, -0.15) is 0 Å². The van der Waals surface area contributed by atoms with E-state index >= 15 is 0 Å². The molecule has 0 aromatic heterocycles. The molecule has 1 aliphatic heterocycles. The number of aliphatic hydroxyl groups excluding tert-OH is 2. The molecule has 1 heterocycles. The van der Waals surface area contributed by atoms with Crippen molar-refractivity contribution in [2.75, 3.05) is 0 Å². The number of hydrogen-bond acceptors (Lipinski definition) is 5. The van der Waals surface area contributed by atoms with E-state index in [1.807, 2.05) is 0 Å². The lowest BCUT2D eigenvalue weighted by atomic mass is 9.58. The predicted molar refractivity (Wildman–Crippen MR) is 85.2 cm³/mol. The Morgan fingerprint density at radius 3 is 2.68 bits per heavy atom. The van der Waals surface area contributed by atoms with Gasteiger partial charge in [0.25, 0.3) is 0 Å². The van der Waals surface area contributed by atoms with Gasteiger partial charge in [-0.15, -0.1) is 0 Å². The molecular formula is C19H24O6. The van der Waals surface area contributed by atoms with Crippen LogP contribution in [-0.2, 0) is 14.3 Å². The fourth-order valence-electron chi connectivity index (χ4n) is 7.63. The van der Waals surface area contributed by atoms with Gasteiger partial charge in [-0.05, 0) is 43.9 Å². The standard InChI is InChI=1S/C19H24O6/c1-8-6-18-7-9(8)3-4-10(18)19-12(21)5-11(20)17(2,16(24)25-19)14(19)13(18)15(22)23/h9-14,20-21H,1,3-7H2,2H3,(H,22,23)/t9?,10-,11+,12+,13-,14-,17-,18+,19+/m1/s1. The maximum absolute atomic E-state index is 12.7.